The first-order valence-electron chi connectivity index (χ1n) is 10.7. The first-order chi connectivity index (χ1) is 15.6. The van der Waals surface area contributed by atoms with Crippen LogP contribution in [0.1, 0.15) is 41.7 Å². The predicted molar refractivity (Wildman–Crippen MR) is 124 cm³/mol. The average molecular weight is 433 g/mol. The molecule has 166 valence electrons. The number of methoxy groups -OCH3 is 2. The van der Waals surface area contributed by atoms with Crippen LogP contribution in [0, 0.1) is 0 Å². The van der Waals surface area contributed by atoms with Gasteiger partial charge in [-0.1, -0.05) is 31.2 Å². The van der Waals surface area contributed by atoms with Gasteiger partial charge in [-0.3, -0.25) is 4.79 Å². The van der Waals surface area contributed by atoms with Crippen LogP contribution in [0.4, 0.5) is 0 Å². The van der Waals surface area contributed by atoms with Gasteiger partial charge < -0.3 is 24.2 Å². The highest BCUT2D eigenvalue weighted by atomic mass is 16.5. The Hall–Kier alpha value is -3.67. The van der Waals surface area contributed by atoms with E-state index < -0.39 is 0 Å². The normalized spacial score (nSPS) is 12.0. The van der Waals surface area contributed by atoms with Gasteiger partial charge >= 0.3 is 0 Å². The molecule has 0 fully saturated rings. The van der Waals surface area contributed by atoms with Crippen molar-refractivity contribution in [2.24, 2.45) is 0 Å². The van der Waals surface area contributed by atoms with E-state index in [1.807, 2.05) is 36.5 Å². The Morgan fingerprint density at radius 1 is 1.09 bits per heavy atom. The topological polar surface area (TPSA) is 76.5 Å². The number of H-pyrrole nitrogens is 1. The van der Waals surface area contributed by atoms with E-state index in [-0.39, 0.29) is 11.8 Å². The van der Waals surface area contributed by atoms with Crippen molar-refractivity contribution in [3.05, 3.63) is 83.4 Å². The second kappa shape index (κ2) is 9.64. The van der Waals surface area contributed by atoms with E-state index in [0.29, 0.717) is 24.5 Å². The van der Waals surface area contributed by atoms with Gasteiger partial charge in [-0.25, -0.2) is 0 Å². The third-order valence-electron chi connectivity index (χ3n) is 5.83. The van der Waals surface area contributed by atoms with Crippen molar-refractivity contribution in [1.29, 1.82) is 0 Å². The molecule has 32 heavy (non-hydrogen) atoms. The molecular formula is C26H28N2O4. The highest BCUT2D eigenvalue weighted by Crippen LogP contribution is 2.38. The zero-order valence-electron chi connectivity index (χ0n) is 18.6. The molecule has 4 aromatic rings. The second-order valence-electron chi connectivity index (χ2n) is 7.66. The van der Waals surface area contributed by atoms with Crippen LogP contribution in [-0.2, 0) is 17.8 Å². The van der Waals surface area contributed by atoms with Crippen LogP contribution < -0.4 is 14.8 Å². The lowest BCUT2D eigenvalue weighted by Gasteiger charge is -2.19. The number of aromatic amines is 1. The summed E-state index contributed by atoms with van der Waals surface area (Å²) in [6.45, 7) is 2.50. The number of amides is 1. The summed E-state index contributed by atoms with van der Waals surface area (Å²) in [6, 6.07) is 15.8. The van der Waals surface area contributed by atoms with Gasteiger partial charge in [-0.2, -0.15) is 0 Å². The Balaban J connectivity index is 1.71. The minimum atomic E-state index is -0.160. The highest BCUT2D eigenvalue weighted by molar-refractivity contribution is 5.88. The van der Waals surface area contributed by atoms with Gasteiger partial charge in [-0.15, -0.1) is 0 Å². The number of furan rings is 1. The van der Waals surface area contributed by atoms with Crippen molar-refractivity contribution in [3.8, 4) is 11.5 Å². The molecule has 0 aliphatic carbocycles. The van der Waals surface area contributed by atoms with Gasteiger partial charge in [0.05, 0.1) is 27.0 Å². The molecule has 2 N–H and O–H groups in total. The molecule has 0 aliphatic heterocycles. The van der Waals surface area contributed by atoms with Crippen LogP contribution in [0.15, 0.2) is 65.4 Å². The zero-order chi connectivity index (χ0) is 22.5. The van der Waals surface area contributed by atoms with Crippen molar-refractivity contribution in [3.63, 3.8) is 0 Å². The van der Waals surface area contributed by atoms with Crippen molar-refractivity contribution in [2.75, 3.05) is 14.2 Å². The van der Waals surface area contributed by atoms with Crippen LogP contribution in [-0.4, -0.2) is 25.1 Å². The molecule has 2 heterocycles. The minimum absolute atomic E-state index is 0.0535. The van der Waals surface area contributed by atoms with Gasteiger partial charge in [0.25, 0.3) is 0 Å². The van der Waals surface area contributed by atoms with Crippen LogP contribution in [0.3, 0.4) is 0 Å². The number of para-hydroxylation sites is 1. The summed E-state index contributed by atoms with van der Waals surface area (Å²) >= 11 is 0. The predicted octanol–water partition coefficient (Wildman–Crippen LogP) is 5.18. The van der Waals surface area contributed by atoms with E-state index in [2.05, 4.69) is 35.4 Å². The summed E-state index contributed by atoms with van der Waals surface area (Å²) in [6.07, 6.45) is 4.84. The van der Waals surface area contributed by atoms with Crippen molar-refractivity contribution >= 4 is 16.8 Å². The van der Waals surface area contributed by atoms with Crippen molar-refractivity contribution < 1.29 is 18.7 Å². The van der Waals surface area contributed by atoms with Crippen molar-refractivity contribution in [1.82, 2.24) is 10.3 Å². The lowest BCUT2D eigenvalue weighted by molar-refractivity contribution is -0.121. The smallest absolute Gasteiger partial charge is 0.221 e. The number of carbonyl (C=O) groups is 1. The number of aromatic nitrogens is 1. The maximum Gasteiger partial charge on any atom is 0.221 e. The Kier molecular flexibility index (Phi) is 6.50. The van der Waals surface area contributed by atoms with Gasteiger partial charge in [0.1, 0.15) is 5.76 Å². The molecule has 6 nitrogen and oxygen atoms in total. The first kappa shape index (κ1) is 21.6. The zero-order valence-corrected chi connectivity index (χ0v) is 18.6. The molecule has 0 aliphatic rings. The van der Waals surface area contributed by atoms with Crippen LogP contribution in [0.25, 0.3) is 10.9 Å². The lowest BCUT2D eigenvalue weighted by Crippen LogP contribution is -2.24. The molecule has 4 rings (SSSR count). The fourth-order valence-corrected chi connectivity index (χ4v) is 4.16. The number of fused-ring (bicyclic) bond motifs is 1. The number of benzene rings is 2. The highest BCUT2D eigenvalue weighted by Gasteiger charge is 2.23. The number of aryl methyl sites for hydroxylation is 1. The fourth-order valence-electron chi connectivity index (χ4n) is 4.16. The lowest BCUT2D eigenvalue weighted by atomic mass is 9.87. The Labute approximate surface area is 187 Å². The van der Waals surface area contributed by atoms with Gasteiger partial charge in [0.15, 0.2) is 11.5 Å². The van der Waals surface area contributed by atoms with Crippen LogP contribution >= 0.6 is 0 Å². The Bertz CT molecular complexity index is 1190. The first-order valence-corrected chi connectivity index (χ1v) is 10.7. The standard InChI is InChI=1S/C26H28N2O4/c1-4-17-7-5-9-20-22(16-28-26(17)20)21(14-25(29)27-15-19-8-6-12-32-19)18-10-11-23(30-2)24(13-18)31-3/h5-13,16,21,28H,4,14-15H2,1-3H3,(H,27,29). The second-order valence-corrected chi connectivity index (χ2v) is 7.66. The van der Waals surface area contributed by atoms with E-state index in [4.69, 9.17) is 13.9 Å². The maximum absolute atomic E-state index is 12.9. The third-order valence-corrected chi connectivity index (χ3v) is 5.83. The molecule has 1 atom stereocenters. The molecule has 1 unspecified atom stereocenters. The van der Waals surface area contributed by atoms with E-state index in [1.54, 1.807) is 20.5 Å². The maximum atomic E-state index is 12.9. The number of hydrogen-bond acceptors (Lipinski definition) is 4. The summed E-state index contributed by atoms with van der Waals surface area (Å²) in [5.74, 6) is 1.81. The molecular weight excluding hydrogens is 404 g/mol. The number of hydrogen-bond donors (Lipinski definition) is 2. The van der Waals surface area contributed by atoms with E-state index in [9.17, 15) is 4.79 Å². The molecule has 0 bridgehead atoms. The third kappa shape index (κ3) is 4.35. The van der Waals surface area contributed by atoms with Gasteiger partial charge in [0.2, 0.25) is 5.91 Å². The van der Waals surface area contributed by atoms with Crippen molar-refractivity contribution in [2.45, 2.75) is 32.2 Å². The van der Waals surface area contributed by atoms with Crippen LogP contribution in [0.2, 0.25) is 0 Å². The van der Waals surface area contributed by atoms with Gasteiger partial charge in [0, 0.05) is 29.4 Å². The Morgan fingerprint density at radius 2 is 1.94 bits per heavy atom. The fraction of sp³-hybridized carbons (Fsp3) is 0.269. The number of carbonyl (C=O) groups excluding carboxylic acids is 1. The number of nitrogens with one attached hydrogen (secondary N) is 2. The molecule has 0 radical (unpaired) electrons. The Morgan fingerprint density at radius 3 is 2.66 bits per heavy atom. The number of rotatable bonds is 9. The summed E-state index contributed by atoms with van der Waals surface area (Å²) in [7, 11) is 3.23. The molecule has 1 amide bonds. The molecule has 6 heteroatoms. The van der Waals surface area contributed by atoms with Crippen LogP contribution in [0.5, 0.6) is 11.5 Å². The van der Waals surface area contributed by atoms with E-state index in [1.165, 1.54) is 5.56 Å². The van der Waals surface area contributed by atoms with E-state index >= 15 is 0 Å². The molecule has 2 aromatic heterocycles. The summed E-state index contributed by atoms with van der Waals surface area (Å²) in [4.78, 5) is 16.4. The summed E-state index contributed by atoms with van der Waals surface area (Å²) in [5, 5.41) is 4.10. The summed E-state index contributed by atoms with van der Waals surface area (Å²) < 4.78 is 16.3. The molecule has 0 saturated heterocycles. The number of ether oxygens (including phenoxy) is 2. The quantitative estimate of drug-likeness (QED) is 0.382. The molecule has 2 aromatic carbocycles. The molecule has 0 saturated carbocycles. The summed E-state index contributed by atoms with van der Waals surface area (Å²) in [5.41, 5.74) is 4.43. The largest absolute Gasteiger partial charge is 0.493 e. The SMILES string of the molecule is CCc1cccc2c(C(CC(=O)NCc3ccco3)c3ccc(OC)c(OC)c3)c[nH]c12. The van der Waals surface area contributed by atoms with Gasteiger partial charge in [-0.05, 0) is 47.4 Å². The molecule has 0 spiro atoms. The minimum Gasteiger partial charge on any atom is -0.493 e. The average Bonchev–Trinajstić information content (AvgIpc) is 3.50. The van der Waals surface area contributed by atoms with E-state index in [0.717, 1.165) is 34.2 Å². The monoisotopic (exact) mass is 432 g/mol.